The van der Waals surface area contributed by atoms with Gasteiger partial charge in [0, 0.05) is 6.08 Å². The molecule has 1 aromatic heterocycles. The molecule has 0 fully saturated rings. The summed E-state index contributed by atoms with van der Waals surface area (Å²) >= 11 is 0. The van der Waals surface area contributed by atoms with E-state index in [1.807, 2.05) is 6.07 Å². The number of carbonyl (C=O) groups excluding carboxylic acids is 1. The van der Waals surface area contributed by atoms with Crippen molar-refractivity contribution in [3.63, 3.8) is 0 Å². The second-order valence-electron chi connectivity index (χ2n) is 4.49. The molecule has 1 N–H and O–H groups in total. The molecule has 0 aliphatic heterocycles. The molecule has 2 aromatic rings. The zero-order chi connectivity index (χ0) is 16.5. The highest BCUT2D eigenvalue weighted by Gasteiger charge is 2.05. The number of nitrogens with zero attached hydrogens (tertiary/aromatic N) is 1. The van der Waals surface area contributed by atoms with Crippen molar-refractivity contribution in [1.29, 1.82) is 5.26 Å². The van der Waals surface area contributed by atoms with Crippen LogP contribution in [-0.4, -0.2) is 19.6 Å². The Morgan fingerprint density at radius 1 is 1.39 bits per heavy atom. The molecule has 23 heavy (non-hydrogen) atoms. The van der Waals surface area contributed by atoms with Gasteiger partial charge in [0.1, 0.15) is 11.8 Å². The maximum Gasteiger partial charge on any atom is 0.244 e. The van der Waals surface area contributed by atoms with Crippen LogP contribution in [0, 0.1) is 11.3 Å². The number of rotatable bonds is 7. The summed E-state index contributed by atoms with van der Waals surface area (Å²) in [5.41, 5.74) is 0.777. The summed E-state index contributed by atoms with van der Waals surface area (Å²) in [5, 5.41) is 11.2. The molecule has 6 nitrogen and oxygen atoms in total. The van der Waals surface area contributed by atoms with E-state index in [9.17, 15) is 4.79 Å². The molecule has 0 radical (unpaired) electrons. The fourth-order valence-corrected chi connectivity index (χ4v) is 1.84. The smallest absolute Gasteiger partial charge is 0.244 e. The van der Waals surface area contributed by atoms with Gasteiger partial charge in [-0.1, -0.05) is 6.07 Å². The number of benzene rings is 1. The average molecular weight is 312 g/mol. The molecule has 1 aromatic carbocycles. The molecule has 0 aliphatic rings. The lowest BCUT2D eigenvalue weighted by atomic mass is 10.2. The first kappa shape index (κ1) is 16.2. The molecular weight excluding hydrogens is 296 g/mol. The molecule has 6 heteroatoms. The molecule has 0 atom stereocenters. The van der Waals surface area contributed by atoms with Crippen molar-refractivity contribution in [2.45, 2.75) is 6.54 Å². The van der Waals surface area contributed by atoms with Crippen LogP contribution in [-0.2, 0) is 11.3 Å². The molecule has 0 saturated heterocycles. The molecule has 1 heterocycles. The van der Waals surface area contributed by atoms with Gasteiger partial charge in [-0.05, 0) is 35.9 Å². The Hall–Kier alpha value is -3.20. The minimum Gasteiger partial charge on any atom is -0.493 e. The van der Waals surface area contributed by atoms with Gasteiger partial charge >= 0.3 is 0 Å². The molecule has 118 valence electrons. The van der Waals surface area contributed by atoms with Gasteiger partial charge in [-0.3, -0.25) is 4.79 Å². The van der Waals surface area contributed by atoms with Crippen LogP contribution in [0.15, 0.2) is 47.1 Å². The van der Waals surface area contributed by atoms with E-state index in [0.29, 0.717) is 23.8 Å². The van der Waals surface area contributed by atoms with E-state index in [2.05, 4.69) is 5.32 Å². The van der Waals surface area contributed by atoms with Gasteiger partial charge in [0.15, 0.2) is 18.1 Å². The molecule has 1 amide bonds. The van der Waals surface area contributed by atoms with Crippen molar-refractivity contribution >= 4 is 12.0 Å². The second kappa shape index (κ2) is 8.29. The average Bonchev–Trinajstić information content (AvgIpc) is 3.10. The lowest BCUT2D eigenvalue weighted by Gasteiger charge is -2.08. The van der Waals surface area contributed by atoms with E-state index in [0.717, 1.165) is 5.56 Å². The SMILES string of the molecule is COc1cc(/C=C/C(=O)NCc2ccco2)ccc1OCC#N. The van der Waals surface area contributed by atoms with E-state index in [1.165, 1.54) is 13.2 Å². The second-order valence-corrected chi connectivity index (χ2v) is 4.49. The lowest BCUT2D eigenvalue weighted by Crippen LogP contribution is -2.19. The number of hydrogen-bond donors (Lipinski definition) is 1. The van der Waals surface area contributed by atoms with Gasteiger partial charge in [-0.15, -0.1) is 0 Å². The van der Waals surface area contributed by atoms with Crippen molar-refractivity contribution in [2.24, 2.45) is 0 Å². The van der Waals surface area contributed by atoms with E-state index >= 15 is 0 Å². The fraction of sp³-hybridized carbons (Fsp3) is 0.176. The Labute approximate surface area is 133 Å². The van der Waals surface area contributed by atoms with Crippen LogP contribution in [0.25, 0.3) is 6.08 Å². The van der Waals surface area contributed by atoms with Gasteiger partial charge in [0.25, 0.3) is 0 Å². The van der Waals surface area contributed by atoms with Crippen LogP contribution in [0.3, 0.4) is 0 Å². The number of hydrogen-bond acceptors (Lipinski definition) is 5. The van der Waals surface area contributed by atoms with Crippen molar-refractivity contribution < 1.29 is 18.7 Å². The van der Waals surface area contributed by atoms with Crippen LogP contribution in [0.4, 0.5) is 0 Å². The molecule has 0 aliphatic carbocycles. The number of furan rings is 1. The number of ether oxygens (including phenoxy) is 2. The van der Waals surface area contributed by atoms with Crippen molar-refractivity contribution in [3.05, 3.63) is 54.0 Å². The molecular formula is C17H16N2O4. The highest BCUT2D eigenvalue weighted by molar-refractivity contribution is 5.91. The van der Waals surface area contributed by atoms with Crippen molar-refractivity contribution in [1.82, 2.24) is 5.32 Å². The first-order valence-corrected chi connectivity index (χ1v) is 6.89. The summed E-state index contributed by atoms with van der Waals surface area (Å²) in [5.74, 6) is 1.43. The topological polar surface area (TPSA) is 84.5 Å². The Balaban J connectivity index is 1.95. The predicted molar refractivity (Wildman–Crippen MR) is 83.7 cm³/mol. The Kier molecular flexibility index (Phi) is 5.83. The van der Waals surface area contributed by atoms with Crippen molar-refractivity contribution in [3.8, 4) is 17.6 Å². The molecule has 0 unspecified atom stereocenters. The number of carbonyl (C=O) groups is 1. The van der Waals surface area contributed by atoms with Gasteiger partial charge in [0.2, 0.25) is 5.91 Å². The quantitative estimate of drug-likeness (QED) is 0.794. The van der Waals surface area contributed by atoms with Gasteiger partial charge in [-0.2, -0.15) is 5.26 Å². The maximum absolute atomic E-state index is 11.7. The summed E-state index contributed by atoms with van der Waals surface area (Å²) in [7, 11) is 1.51. The van der Waals surface area contributed by atoms with Crippen LogP contribution in [0.2, 0.25) is 0 Å². The number of amides is 1. The molecule has 2 rings (SSSR count). The summed E-state index contributed by atoms with van der Waals surface area (Å²) in [6.45, 7) is 0.279. The van der Waals surface area contributed by atoms with E-state index in [1.54, 1.807) is 42.7 Å². The number of nitrogens with one attached hydrogen (secondary N) is 1. The van der Waals surface area contributed by atoms with E-state index in [-0.39, 0.29) is 12.5 Å². The zero-order valence-electron chi connectivity index (χ0n) is 12.6. The first-order valence-electron chi connectivity index (χ1n) is 6.89. The highest BCUT2D eigenvalue weighted by Crippen LogP contribution is 2.28. The standard InChI is InChI=1S/C17H16N2O4/c1-21-16-11-13(4-6-15(16)23-10-8-18)5-7-17(20)19-12-14-3-2-9-22-14/h2-7,9,11H,10,12H2,1H3,(H,19,20)/b7-5+. The van der Waals surface area contributed by atoms with Gasteiger partial charge in [-0.25, -0.2) is 0 Å². The fourth-order valence-electron chi connectivity index (χ4n) is 1.84. The van der Waals surface area contributed by atoms with Crippen LogP contribution in [0.1, 0.15) is 11.3 Å². The largest absolute Gasteiger partial charge is 0.493 e. The summed E-state index contributed by atoms with van der Waals surface area (Å²) < 4.78 is 15.6. The third-order valence-electron chi connectivity index (χ3n) is 2.92. The summed E-state index contributed by atoms with van der Waals surface area (Å²) in [6, 6.07) is 10.6. The Bertz CT molecular complexity index is 715. The van der Waals surface area contributed by atoms with Gasteiger partial charge < -0.3 is 19.2 Å². The van der Waals surface area contributed by atoms with E-state index in [4.69, 9.17) is 19.2 Å². The first-order chi connectivity index (χ1) is 11.2. The van der Waals surface area contributed by atoms with E-state index < -0.39 is 0 Å². The monoisotopic (exact) mass is 312 g/mol. The maximum atomic E-state index is 11.7. The summed E-state index contributed by atoms with van der Waals surface area (Å²) in [6.07, 6.45) is 4.64. The number of nitriles is 1. The predicted octanol–water partition coefficient (Wildman–Crippen LogP) is 2.52. The normalized spacial score (nSPS) is 10.3. The van der Waals surface area contributed by atoms with Crippen molar-refractivity contribution in [2.75, 3.05) is 13.7 Å². The number of methoxy groups -OCH3 is 1. The lowest BCUT2D eigenvalue weighted by molar-refractivity contribution is -0.116. The van der Waals surface area contributed by atoms with Gasteiger partial charge in [0.05, 0.1) is 19.9 Å². The third-order valence-corrected chi connectivity index (χ3v) is 2.92. The summed E-state index contributed by atoms with van der Waals surface area (Å²) in [4.78, 5) is 11.7. The zero-order valence-corrected chi connectivity index (χ0v) is 12.6. The Morgan fingerprint density at radius 3 is 2.96 bits per heavy atom. The van der Waals surface area contributed by atoms with Crippen LogP contribution >= 0.6 is 0 Å². The molecule has 0 saturated carbocycles. The van der Waals surface area contributed by atoms with Crippen LogP contribution in [0.5, 0.6) is 11.5 Å². The molecule has 0 spiro atoms. The minimum absolute atomic E-state index is 0.0548. The minimum atomic E-state index is -0.231. The third kappa shape index (κ3) is 4.93. The van der Waals surface area contributed by atoms with Crippen LogP contribution < -0.4 is 14.8 Å². The Morgan fingerprint density at radius 2 is 2.26 bits per heavy atom. The molecule has 0 bridgehead atoms. The highest BCUT2D eigenvalue weighted by atomic mass is 16.5.